The first kappa shape index (κ1) is 17.8. The summed E-state index contributed by atoms with van der Waals surface area (Å²) in [6.07, 6.45) is 0. The number of hydrogen-bond acceptors (Lipinski definition) is 4. The molecule has 118 valence electrons. The van der Waals surface area contributed by atoms with E-state index in [2.05, 4.69) is 5.32 Å². The zero-order valence-electron chi connectivity index (χ0n) is 12.3. The van der Waals surface area contributed by atoms with Crippen molar-refractivity contribution in [1.82, 2.24) is 0 Å². The average molecular weight is 334 g/mol. The molecule has 21 heavy (non-hydrogen) atoms. The van der Waals surface area contributed by atoms with Crippen molar-refractivity contribution in [3.63, 3.8) is 0 Å². The lowest BCUT2D eigenvalue weighted by Gasteiger charge is -2.25. The van der Waals surface area contributed by atoms with Crippen LogP contribution in [0.15, 0.2) is 24.3 Å². The molecule has 1 amide bonds. The summed E-state index contributed by atoms with van der Waals surface area (Å²) >= 11 is 5.74. The standard InChI is InChI=1S/C14H20ClNO4S/c1-4-20-12-8-6-11(7-9-12)16-13(17)14(3,10-15)21(18,19)5-2/h6-9H,4-5,10H2,1-3H3,(H,16,17)/t14-/m1/s1. The van der Waals surface area contributed by atoms with E-state index in [-0.39, 0.29) is 11.6 Å². The molecule has 0 radical (unpaired) electrons. The maximum Gasteiger partial charge on any atom is 0.246 e. The normalized spacial score (nSPS) is 14.3. The predicted octanol–water partition coefficient (Wildman–Crippen LogP) is 2.46. The summed E-state index contributed by atoms with van der Waals surface area (Å²) in [5.41, 5.74) is 0.492. The lowest BCUT2D eigenvalue weighted by Crippen LogP contribution is -2.49. The summed E-state index contributed by atoms with van der Waals surface area (Å²) in [7, 11) is -3.61. The molecule has 0 aliphatic carbocycles. The summed E-state index contributed by atoms with van der Waals surface area (Å²) in [4.78, 5) is 12.3. The Labute approximate surface area is 130 Å². The highest BCUT2D eigenvalue weighted by Gasteiger charge is 2.44. The molecular formula is C14H20ClNO4S. The van der Waals surface area contributed by atoms with Gasteiger partial charge in [0.15, 0.2) is 14.6 Å². The number of anilines is 1. The Morgan fingerprint density at radius 1 is 1.29 bits per heavy atom. The molecule has 0 aliphatic heterocycles. The maximum absolute atomic E-state index is 12.3. The Bertz CT molecular complexity index is 585. The third-order valence-corrected chi connectivity index (χ3v) is 6.38. The molecule has 0 aromatic heterocycles. The molecule has 0 unspecified atom stereocenters. The molecule has 0 bridgehead atoms. The smallest absolute Gasteiger partial charge is 0.246 e. The second-order valence-electron chi connectivity index (χ2n) is 4.68. The number of rotatable bonds is 7. The summed E-state index contributed by atoms with van der Waals surface area (Å²) < 4.78 is 27.8. The zero-order chi connectivity index (χ0) is 16.1. The van der Waals surface area contributed by atoms with E-state index < -0.39 is 20.5 Å². The van der Waals surface area contributed by atoms with Gasteiger partial charge in [0.2, 0.25) is 5.91 Å². The van der Waals surface area contributed by atoms with Gasteiger partial charge in [0.25, 0.3) is 0 Å². The van der Waals surface area contributed by atoms with Gasteiger partial charge in [0.05, 0.1) is 12.5 Å². The van der Waals surface area contributed by atoms with Gasteiger partial charge in [-0.25, -0.2) is 8.42 Å². The number of carbonyl (C=O) groups excluding carboxylic acids is 1. The molecule has 0 spiro atoms. The van der Waals surface area contributed by atoms with E-state index in [0.29, 0.717) is 18.0 Å². The minimum atomic E-state index is -3.61. The zero-order valence-corrected chi connectivity index (χ0v) is 13.9. The Balaban J connectivity index is 2.93. The molecule has 0 fully saturated rings. The molecule has 0 saturated carbocycles. The number of amides is 1. The summed E-state index contributed by atoms with van der Waals surface area (Å²) in [6.45, 7) is 5.25. The van der Waals surface area contributed by atoms with Gasteiger partial charge in [0.1, 0.15) is 5.75 Å². The minimum Gasteiger partial charge on any atom is -0.494 e. The highest BCUT2D eigenvalue weighted by molar-refractivity contribution is 7.93. The fourth-order valence-electron chi connectivity index (χ4n) is 1.67. The number of alkyl halides is 1. The quantitative estimate of drug-likeness (QED) is 0.778. The third kappa shape index (κ3) is 3.89. The van der Waals surface area contributed by atoms with Crippen molar-refractivity contribution in [2.75, 3.05) is 23.6 Å². The lowest BCUT2D eigenvalue weighted by atomic mass is 10.2. The molecule has 1 rings (SSSR count). The largest absolute Gasteiger partial charge is 0.494 e. The van der Waals surface area contributed by atoms with E-state index >= 15 is 0 Å². The van der Waals surface area contributed by atoms with Gasteiger partial charge in [-0.2, -0.15) is 0 Å². The van der Waals surface area contributed by atoms with Crippen molar-refractivity contribution in [3.8, 4) is 5.75 Å². The van der Waals surface area contributed by atoms with Crippen LogP contribution in [-0.4, -0.2) is 37.3 Å². The highest BCUT2D eigenvalue weighted by Crippen LogP contribution is 2.23. The number of hydrogen-bond donors (Lipinski definition) is 1. The van der Waals surface area contributed by atoms with Crippen molar-refractivity contribution in [3.05, 3.63) is 24.3 Å². The van der Waals surface area contributed by atoms with E-state index in [1.165, 1.54) is 13.8 Å². The fourth-order valence-corrected chi connectivity index (χ4v) is 3.43. The highest BCUT2D eigenvalue weighted by atomic mass is 35.5. The second kappa shape index (κ2) is 7.13. The van der Waals surface area contributed by atoms with E-state index in [0.717, 1.165) is 0 Å². The van der Waals surface area contributed by atoms with Crippen LogP contribution in [0.5, 0.6) is 5.75 Å². The average Bonchev–Trinajstić information content (AvgIpc) is 2.48. The van der Waals surface area contributed by atoms with E-state index in [1.807, 2.05) is 6.92 Å². The topological polar surface area (TPSA) is 72.5 Å². The van der Waals surface area contributed by atoms with Gasteiger partial charge in [-0.15, -0.1) is 11.6 Å². The first-order valence-electron chi connectivity index (χ1n) is 6.63. The molecule has 1 aromatic carbocycles. The molecule has 7 heteroatoms. The summed E-state index contributed by atoms with van der Waals surface area (Å²) in [6, 6.07) is 6.70. The van der Waals surface area contributed by atoms with Gasteiger partial charge in [-0.3, -0.25) is 4.79 Å². The number of ether oxygens (including phenoxy) is 1. The minimum absolute atomic E-state index is 0.146. The summed E-state index contributed by atoms with van der Waals surface area (Å²) in [5, 5.41) is 2.59. The number of halogens is 1. The number of sulfone groups is 1. The van der Waals surface area contributed by atoms with Crippen LogP contribution in [0.25, 0.3) is 0 Å². The predicted molar refractivity (Wildman–Crippen MR) is 84.8 cm³/mol. The van der Waals surface area contributed by atoms with Gasteiger partial charge in [0, 0.05) is 11.4 Å². The van der Waals surface area contributed by atoms with Crippen LogP contribution in [-0.2, 0) is 14.6 Å². The van der Waals surface area contributed by atoms with E-state index in [9.17, 15) is 13.2 Å². The first-order valence-corrected chi connectivity index (χ1v) is 8.82. The summed E-state index contributed by atoms with van der Waals surface area (Å²) in [5.74, 6) is -0.404. The Kier molecular flexibility index (Phi) is 6.04. The third-order valence-electron chi connectivity index (χ3n) is 3.22. The van der Waals surface area contributed by atoms with Crippen molar-refractivity contribution in [2.24, 2.45) is 0 Å². The fraction of sp³-hybridized carbons (Fsp3) is 0.500. The van der Waals surface area contributed by atoms with Gasteiger partial charge < -0.3 is 10.1 Å². The lowest BCUT2D eigenvalue weighted by molar-refractivity contribution is -0.117. The van der Waals surface area contributed by atoms with Gasteiger partial charge in [-0.1, -0.05) is 6.92 Å². The van der Waals surface area contributed by atoms with Gasteiger partial charge in [-0.05, 0) is 38.1 Å². The molecule has 1 aromatic rings. The van der Waals surface area contributed by atoms with E-state index in [4.69, 9.17) is 16.3 Å². The van der Waals surface area contributed by atoms with Gasteiger partial charge >= 0.3 is 0 Å². The van der Waals surface area contributed by atoms with Crippen LogP contribution < -0.4 is 10.1 Å². The van der Waals surface area contributed by atoms with Crippen LogP contribution >= 0.6 is 11.6 Å². The Hall–Kier alpha value is -1.27. The SMILES string of the molecule is CCOc1ccc(NC(=O)[C@@](C)(CCl)S(=O)(=O)CC)cc1. The monoisotopic (exact) mass is 333 g/mol. The molecule has 0 aliphatic rings. The van der Waals surface area contributed by atoms with Crippen molar-refractivity contribution in [1.29, 1.82) is 0 Å². The molecular weight excluding hydrogens is 314 g/mol. The molecule has 0 heterocycles. The van der Waals surface area contributed by atoms with Crippen molar-refractivity contribution in [2.45, 2.75) is 25.5 Å². The van der Waals surface area contributed by atoms with Crippen molar-refractivity contribution < 1.29 is 17.9 Å². The molecule has 0 saturated heterocycles. The first-order chi connectivity index (χ1) is 9.80. The molecule has 5 nitrogen and oxygen atoms in total. The number of benzene rings is 1. The molecule has 1 atom stereocenters. The number of nitrogens with one attached hydrogen (secondary N) is 1. The van der Waals surface area contributed by atoms with Crippen LogP contribution in [0.2, 0.25) is 0 Å². The van der Waals surface area contributed by atoms with Crippen LogP contribution in [0.1, 0.15) is 20.8 Å². The van der Waals surface area contributed by atoms with Crippen LogP contribution in [0, 0.1) is 0 Å². The van der Waals surface area contributed by atoms with E-state index in [1.54, 1.807) is 24.3 Å². The van der Waals surface area contributed by atoms with Crippen molar-refractivity contribution >= 4 is 33.0 Å². The van der Waals surface area contributed by atoms with Crippen LogP contribution in [0.3, 0.4) is 0 Å². The Morgan fingerprint density at radius 2 is 1.86 bits per heavy atom. The second-order valence-corrected chi connectivity index (χ2v) is 7.65. The maximum atomic E-state index is 12.3. The molecule has 1 N–H and O–H groups in total. The van der Waals surface area contributed by atoms with Crippen LogP contribution in [0.4, 0.5) is 5.69 Å². The Morgan fingerprint density at radius 3 is 2.29 bits per heavy atom. The number of carbonyl (C=O) groups is 1.